The molecule has 0 aliphatic carbocycles. The lowest BCUT2D eigenvalue weighted by Crippen LogP contribution is -2.21. The summed E-state index contributed by atoms with van der Waals surface area (Å²) in [7, 11) is 3.52. The average molecular weight is 351 g/mol. The minimum absolute atomic E-state index is 0.0204. The Labute approximate surface area is 152 Å². The first kappa shape index (κ1) is 17.3. The third-order valence-corrected chi connectivity index (χ3v) is 4.95. The van der Waals surface area contributed by atoms with Gasteiger partial charge in [-0.15, -0.1) is 6.58 Å². The van der Waals surface area contributed by atoms with E-state index in [4.69, 9.17) is 4.98 Å². The van der Waals surface area contributed by atoms with Crippen LogP contribution in [0.25, 0.3) is 11.0 Å². The summed E-state index contributed by atoms with van der Waals surface area (Å²) in [6.07, 6.45) is 1.89. The van der Waals surface area contributed by atoms with Gasteiger partial charge in [-0.1, -0.05) is 42.1 Å². The number of benzene rings is 2. The number of para-hydroxylation sites is 2. The summed E-state index contributed by atoms with van der Waals surface area (Å²) in [5, 5.41) is 0.981. The summed E-state index contributed by atoms with van der Waals surface area (Å²) in [5.74, 6) is 0.823. The van der Waals surface area contributed by atoms with Crippen molar-refractivity contribution in [2.24, 2.45) is 0 Å². The van der Waals surface area contributed by atoms with E-state index in [0.29, 0.717) is 5.56 Å². The highest BCUT2D eigenvalue weighted by molar-refractivity contribution is 7.98. The molecule has 128 valence electrons. The van der Waals surface area contributed by atoms with Crippen molar-refractivity contribution in [2.75, 3.05) is 14.1 Å². The predicted octanol–water partition coefficient (Wildman–Crippen LogP) is 4.22. The van der Waals surface area contributed by atoms with E-state index in [2.05, 4.69) is 17.2 Å². The molecule has 0 aliphatic rings. The van der Waals surface area contributed by atoms with Crippen LogP contribution in [0, 0.1) is 0 Å². The number of carbonyl (C=O) groups excluding carboxylic acids is 1. The fraction of sp³-hybridized carbons (Fsp3) is 0.200. The Kier molecular flexibility index (Phi) is 5.24. The molecule has 2 aromatic carbocycles. The van der Waals surface area contributed by atoms with Crippen molar-refractivity contribution in [2.45, 2.75) is 17.5 Å². The first-order valence-corrected chi connectivity index (χ1v) is 9.08. The molecule has 3 rings (SSSR count). The molecule has 5 heteroatoms. The fourth-order valence-electron chi connectivity index (χ4n) is 2.62. The van der Waals surface area contributed by atoms with Crippen LogP contribution in [0.3, 0.4) is 0 Å². The zero-order valence-electron chi connectivity index (χ0n) is 14.5. The molecule has 25 heavy (non-hydrogen) atoms. The van der Waals surface area contributed by atoms with E-state index in [1.807, 2.05) is 48.5 Å². The van der Waals surface area contributed by atoms with Crippen molar-refractivity contribution in [1.82, 2.24) is 14.5 Å². The van der Waals surface area contributed by atoms with Crippen LogP contribution in [0.1, 0.15) is 15.9 Å². The molecular formula is C20H21N3OS. The van der Waals surface area contributed by atoms with Gasteiger partial charge in [-0.25, -0.2) is 4.98 Å². The van der Waals surface area contributed by atoms with Gasteiger partial charge in [0.25, 0.3) is 5.91 Å². The molecule has 0 saturated carbocycles. The smallest absolute Gasteiger partial charge is 0.253 e. The van der Waals surface area contributed by atoms with Crippen LogP contribution in [-0.4, -0.2) is 34.5 Å². The SMILES string of the molecule is C=CCn1c(SCc2ccc(C(=O)N(C)C)cc2)nc2ccccc21. The van der Waals surface area contributed by atoms with Gasteiger partial charge in [0.05, 0.1) is 11.0 Å². The van der Waals surface area contributed by atoms with Gasteiger partial charge >= 0.3 is 0 Å². The normalized spacial score (nSPS) is 10.8. The fourth-order valence-corrected chi connectivity index (χ4v) is 3.60. The first-order valence-electron chi connectivity index (χ1n) is 8.09. The average Bonchev–Trinajstić information content (AvgIpc) is 2.98. The third-order valence-electron chi connectivity index (χ3n) is 3.91. The van der Waals surface area contributed by atoms with Gasteiger partial charge < -0.3 is 9.47 Å². The summed E-state index contributed by atoms with van der Waals surface area (Å²) < 4.78 is 2.18. The topological polar surface area (TPSA) is 38.1 Å². The molecular weight excluding hydrogens is 330 g/mol. The standard InChI is InChI=1S/C20H21N3OS/c1-4-13-23-18-8-6-5-7-17(18)21-20(23)25-14-15-9-11-16(12-10-15)19(24)22(2)3/h4-12H,1,13-14H2,2-3H3. The van der Waals surface area contributed by atoms with E-state index in [1.165, 1.54) is 0 Å². The Hall–Kier alpha value is -2.53. The summed E-state index contributed by atoms with van der Waals surface area (Å²) in [5.41, 5.74) is 3.99. The van der Waals surface area contributed by atoms with Crippen molar-refractivity contribution in [3.05, 3.63) is 72.3 Å². The number of carbonyl (C=O) groups is 1. The Morgan fingerprint density at radius 3 is 2.60 bits per heavy atom. The van der Waals surface area contributed by atoms with Crippen LogP contribution in [0.5, 0.6) is 0 Å². The molecule has 3 aromatic rings. The summed E-state index contributed by atoms with van der Waals surface area (Å²) in [6.45, 7) is 4.58. The lowest BCUT2D eigenvalue weighted by atomic mass is 10.1. The number of fused-ring (bicyclic) bond motifs is 1. The van der Waals surface area contributed by atoms with Gasteiger partial charge in [-0.3, -0.25) is 4.79 Å². The number of aromatic nitrogens is 2. The molecule has 1 heterocycles. The second kappa shape index (κ2) is 7.57. The van der Waals surface area contributed by atoms with E-state index in [-0.39, 0.29) is 5.91 Å². The largest absolute Gasteiger partial charge is 0.345 e. The minimum Gasteiger partial charge on any atom is -0.345 e. The third kappa shape index (κ3) is 3.77. The highest BCUT2D eigenvalue weighted by Gasteiger charge is 2.11. The number of amides is 1. The highest BCUT2D eigenvalue weighted by atomic mass is 32.2. The van der Waals surface area contributed by atoms with Gasteiger partial charge in [0.15, 0.2) is 5.16 Å². The Balaban J connectivity index is 1.77. The summed E-state index contributed by atoms with van der Waals surface area (Å²) in [6, 6.07) is 15.9. The number of rotatable bonds is 6. The van der Waals surface area contributed by atoms with Crippen LogP contribution < -0.4 is 0 Å². The van der Waals surface area contributed by atoms with Gasteiger partial charge in [0, 0.05) is 32.0 Å². The van der Waals surface area contributed by atoms with E-state index >= 15 is 0 Å². The molecule has 0 bridgehead atoms. The number of thioether (sulfide) groups is 1. The van der Waals surface area contributed by atoms with Crippen LogP contribution >= 0.6 is 11.8 Å². The van der Waals surface area contributed by atoms with Crippen LogP contribution in [0.4, 0.5) is 0 Å². The monoisotopic (exact) mass is 351 g/mol. The summed E-state index contributed by atoms with van der Waals surface area (Å²) >= 11 is 1.70. The Morgan fingerprint density at radius 1 is 1.20 bits per heavy atom. The molecule has 0 radical (unpaired) electrons. The van der Waals surface area contributed by atoms with E-state index < -0.39 is 0 Å². The molecule has 1 aromatic heterocycles. The lowest BCUT2D eigenvalue weighted by Gasteiger charge is -2.10. The summed E-state index contributed by atoms with van der Waals surface area (Å²) in [4.78, 5) is 18.3. The molecule has 0 saturated heterocycles. The van der Waals surface area contributed by atoms with E-state index in [9.17, 15) is 4.79 Å². The quantitative estimate of drug-likeness (QED) is 0.493. The number of hydrogen-bond donors (Lipinski definition) is 0. The first-order chi connectivity index (χ1) is 12.1. The minimum atomic E-state index is 0.0204. The predicted molar refractivity (Wildman–Crippen MR) is 104 cm³/mol. The molecule has 0 unspecified atom stereocenters. The zero-order valence-corrected chi connectivity index (χ0v) is 15.3. The zero-order chi connectivity index (χ0) is 17.8. The van der Waals surface area contributed by atoms with Crippen molar-refractivity contribution >= 4 is 28.7 Å². The van der Waals surface area contributed by atoms with Gasteiger partial charge in [0.2, 0.25) is 0 Å². The molecule has 0 N–H and O–H groups in total. The molecule has 0 atom stereocenters. The van der Waals surface area contributed by atoms with Gasteiger partial charge in [0.1, 0.15) is 0 Å². The highest BCUT2D eigenvalue weighted by Crippen LogP contribution is 2.27. The van der Waals surface area contributed by atoms with Crippen molar-refractivity contribution in [3.63, 3.8) is 0 Å². The van der Waals surface area contributed by atoms with Crippen molar-refractivity contribution in [3.8, 4) is 0 Å². The second-order valence-corrected chi connectivity index (χ2v) is 6.91. The van der Waals surface area contributed by atoms with Crippen molar-refractivity contribution < 1.29 is 4.79 Å². The van der Waals surface area contributed by atoms with Gasteiger partial charge in [-0.05, 0) is 29.8 Å². The molecule has 1 amide bonds. The molecule has 0 spiro atoms. The number of nitrogens with zero attached hydrogens (tertiary/aromatic N) is 3. The Bertz CT molecular complexity index is 897. The molecule has 0 aliphatic heterocycles. The second-order valence-electron chi connectivity index (χ2n) is 5.97. The number of hydrogen-bond acceptors (Lipinski definition) is 3. The van der Waals surface area contributed by atoms with Crippen molar-refractivity contribution in [1.29, 1.82) is 0 Å². The van der Waals surface area contributed by atoms with Crippen LogP contribution in [0.2, 0.25) is 0 Å². The number of imidazole rings is 1. The maximum Gasteiger partial charge on any atom is 0.253 e. The lowest BCUT2D eigenvalue weighted by molar-refractivity contribution is 0.0827. The van der Waals surface area contributed by atoms with Gasteiger partial charge in [-0.2, -0.15) is 0 Å². The Morgan fingerprint density at radius 2 is 1.92 bits per heavy atom. The molecule has 0 fully saturated rings. The van der Waals surface area contributed by atoms with Crippen LogP contribution in [0.15, 0.2) is 66.3 Å². The maximum atomic E-state index is 11.9. The molecule has 4 nitrogen and oxygen atoms in total. The van der Waals surface area contributed by atoms with E-state index in [0.717, 1.165) is 34.1 Å². The van der Waals surface area contributed by atoms with E-state index in [1.54, 1.807) is 30.8 Å². The number of allylic oxidation sites excluding steroid dienone is 1. The van der Waals surface area contributed by atoms with Crippen LogP contribution in [-0.2, 0) is 12.3 Å². The maximum absolute atomic E-state index is 11.9.